The molecule has 0 radical (unpaired) electrons. The molecule has 0 saturated heterocycles. The quantitative estimate of drug-likeness (QED) is 0.225. The molecule has 0 N–H and O–H groups in total. The van der Waals surface area contributed by atoms with Crippen LogP contribution in [-0.4, -0.2) is 56.3 Å². The van der Waals surface area contributed by atoms with Crippen LogP contribution in [0.15, 0.2) is 0 Å². The summed E-state index contributed by atoms with van der Waals surface area (Å²) in [5, 5.41) is 52.3. The van der Waals surface area contributed by atoms with Crippen LogP contribution in [-0.2, 0) is 11.0 Å². The van der Waals surface area contributed by atoms with Gasteiger partial charge in [-0.3, -0.25) is 0 Å². The van der Waals surface area contributed by atoms with Crippen LogP contribution in [0.4, 0.5) is 0 Å². The van der Waals surface area contributed by atoms with Gasteiger partial charge in [0, 0.05) is 80.5 Å². The largest absolute Gasteiger partial charge is 2.00 e. The summed E-state index contributed by atoms with van der Waals surface area (Å²) in [6.07, 6.45) is 16.9. The maximum Gasteiger partial charge on any atom is 0.151 e. The van der Waals surface area contributed by atoms with E-state index in [1.807, 2.05) is 0 Å². The Hall–Kier alpha value is -1.75. The maximum atomic E-state index is 11.4. The Labute approximate surface area is 226 Å². The molecule has 4 aliphatic rings. The molecule has 4 rings (SSSR count). The monoisotopic (exact) mass is 728 g/mol. The fourth-order valence-corrected chi connectivity index (χ4v) is 4.90. The summed E-state index contributed by atoms with van der Waals surface area (Å²) in [4.78, 5) is 16.5. The first kappa shape index (κ1) is 37.8. The van der Waals surface area contributed by atoms with Gasteiger partial charge in [0.2, 0.25) is 0 Å². The molecule has 35 heavy (non-hydrogen) atoms. The third-order valence-corrected chi connectivity index (χ3v) is 6.25. The number of hydrogen-bond donors (Lipinski definition) is 0. The first-order valence-corrected chi connectivity index (χ1v) is 11.4. The summed E-state index contributed by atoms with van der Waals surface area (Å²) in [6.45, 7) is 2.06. The van der Waals surface area contributed by atoms with Gasteiger partial charge in [-0.1, -0.05) is 12.8 Å². The molecule has 0 aromatic heterocycles. The maximum absolute atomic E-state index is 11.4. The summed E-state index contributed by atoms with van der Waals surface area (Å²) in [5.41, 5.74) is 0. The first-order valence-electron chi connectivity index (χ1n) is 11.4. The zero-order valence-electron chi connectivity index (χ0n) is 19.7. The molecule has 0 amide bonds. The van der Waals surface area contributed by atoms with Crippen molar-refractivity contribution in [1.82, 2.24) is 0 Å². The van der Waals surface area contributed by atoms with Gasteiger partial charge < -0.3 is 51.8 Å². The van der Waals surface area contributed by atoms with Gasteiger partial charge in [-0.25, -0.2) is 9.15 Å². The molecular formula is C20H34N4O10Pu-6. The SMILES string of the molecule is O=[N+]([O-])[O-].O=[N+]([O-])[O-].[O-2].[O-2].[O-]C1=[N+](C2CCCCC2)CCC1.[O-]C1=[N+](C2CCCCC2)CCC1.[Pu]. The van der Waals surface area contributed by atoms with E-state index in [0.29, 0.717) is 23.9 Å². The van der Waals surface area contributed by atoms with E-state index in [-0.39, 0.29) is 40.1 Å². The summed E-state index contributed by atoms with van der Waals surface area (Å²) in [6, 6.07) is 1.21. The average Bonchev–Trinajstić information content (AvgIpc) is 3.37. The van der Waals surface area contributed by atoms with Crippen LogP contribution >= 0.6 is 0 Å². The van der Waals surface area contributed by atoms with Crippen LogP contribution in [0.2, 0.25) is 0 Å². The molecule has 0 spiro atoms. The molecule has 14 nitrogen and oxygen atoms in total. The third-order valence-electron chi connectivity index (χ3n) is 6.25. The molecule has 15 heteroatoms. The average molecular weight is 735 g/mol. The molecule has 0 aromatic rings. The molecule has 2 fully saturated rings. The molecule has 2 aliphatic carbocycles. The van der Waals surface area contributed by atoms with Crippen molar-refractivity contribution in [3.05, 3.63) is 30.6 Å². The normalized spacial score (nSPS) is 19.7. The van der Waals surface area contributed by atoms with Gasteiger partial charge in [0.25, 0.3) is 0 Å². The van der Waals surface area contributed by atoms with E-state index >= 15 is 0 Å². The van der Waals surface area contributed by atoms with Crippen molar-refractivity contribution in [3.63, 3.8) is 0 Å². The standard InChI is InChI=1S/2C10H17NO.2NO3.2O.Pu/c2*12-10-7-4-8-11(10)9-5-2-1-3-6-9;2*2-1(3)4;;;/h2*9H,1-8H2;;;;;/q;;2*-1;2*-2;. The van der Waals surface area contributed by atoms with Gasteiger partial charge in [0.1, 0.15) is 24.9 Å². The second-order valence-electron chi connectivity index (χ2n) is 8.41. The van der Waals surface area contributed by atoms with Gasteiger partial charge in [-0.15, -0.1) is 0 Å². The van der Waals surface area contributed by atoms with Crippen molar-refractivity contribution in [2.75, 3.05) is 13.1 Å². The Morgan fingerprint density at radius 3 is 1.03 bits per heavy atom. The Morgan fingerprint density at radius 2 is 0.829 bits per heavy atom. The van der Waals surface area contributed by atoms with Crippen LogP contribution in [0.3, 0.4) is 0 Å². The van der Waals surface area contributed by atoms with Crippen LogP contribution in [0.1, 0.15) is 89.9 Å². The van der Waals surface area contributed by atoms with Crippen molar-refractivity contribution in [1.29, 1.82) is 0 Å². The molecule has 0 atom stereocenters. The van der Waals surface area contributed by atoms with E-state index in [9.17, 15) is 10.2 Å². The molecule has 0 bridgehead atoms. The van der Waals surface area contributed by atoms with Crippen molar-refractivity contribution < 1.29 is 69.7 Å². The summed E-state index contributed by atoms with van der Waals surface area (Å²) in [7, 11) is 0. The van der Waals surface area contributed by atoms with Gasteiger partial charge in [-0.05, 0) is 25.7 Å². The van der Waals surface area contributed by atoms with E-state index < -0.39 is 10.2 Å². The summed E-state index contributed by atoms with van der Waals surface area (Å²) >= 11 is 0. The van der Waals surface area contributed by atoms with Crippen LogP contribution in [0.25, 0.3) is 0 Å². The van der Waals surface area contributed by atoms with Crippen molar-refractivity contribution in [2.45, 2.75) is 102 Å². The van der Waals surface area contributed by atoms with Crippen LogP contribution in [0, 0.1) is 59.8 Å². The van der Waals surface area contributed by atoms with Crippen molar-refractivity contribution in [3.8, 4) is 0 Å². The molecule has 0 aromatic carbocycles. The van der Waals surface area contributed by atoms with Crippen molar-refractivity contribution >= 4 is 11.8 Å². The van der Waals surface area contributed by atoms with E-state index in [1.54, 1.807) is 0 Å². The van der Waals surface area contributed by atoms with Gasteiger partial charge in [0.05, 0.1) is 10.2 Å². The van der Waals surface area contributed by atoms with Crippen LogP contribution in [0.5, 0.6) is 0 Å². The van der Waals surface area contributed by atoms with Gasteiger partial charge in [-0.2, -0.15) is 0 Å². The number of rotatable bonds is 2. The van der Waals surface area contributed by atoms with Gasteiger partial charge >= 0.3 is 0 Å². The van der Waals surface area contributed by atoms with Crippen molar-refractivity contribution in [2.24, 2.45) is 0 Å². The Kier molecular flexibility index (Phi) is 23.2. The number of nitrogens with zero attached hydrogens (tertiary/aromatic N) is 4. The second-order valence-corrected chi connectivity index (χ2v) is 8.41. The zero-order valence-corrected chi connectivity index (χ0v) is 23.1. The predicted molar refractivity (Wildman–Crippen MR) is 115 cm³/mol. The smallest absolute Gasteiger partial charge is 0.151 e. The second kappa shape index (κ2) is 21.5. The molecular weight excluding hydrogens is 700 g/mol. The minimum atomic E-state index is -1.75. The number of hydrogen-bond acceptors (Lipinski definition) is 8. The van der Waals surface area contributed by atoms with Gasteiger partial charge in [0.15, 0.2) is 12.1 Å². The fraction of sp³-hybridized carbons (Fsp3) is 0.900. The Bertz CT molecular complexity index is 602. The topological polar surface area (TPSA) is 242 Å². The third kappa shape index (κ3) is 16.5. The molecule has 206 valence electrons. The molecule has 2 aliphatic heterocycles. The van der Waals surface area contributed by atoms with Crippen LogP contribution < -0.4 is 10.2 Å². The van der Waals surface area contributed by atoms with E-state index in [0.717, 1.165) is 38.8 Å². The minimum Gasteiger partial charge on any atom is -2.00 e. The Morgan fingerprint density at radius 1 is 0.571 bits per heavy atom. The molecule has 2 heterocycles. The van der Waals surface area contributed by atoms with E-state index in [1.165, 1.54) is 64.2 Å². The predicted octanol–water partition coefficient (Wildman–Crippen LogP) is 1.05. The molecule has 0 unspecified atom stereocenters. The summed E-state index contributed by atoms with van der Waals surface area (Å²) in [5.74, 6) is 0.809. The summed E-state index contributed by atoms with van der Waals surface area (Å²) < 4.78 is 4.25. The van der Waals surface area contributed by atoms with E-state index in [4.69, 9.17) is 30.6 Å². The fourth-order valence-electron chi connectivity index (χ4n) is 4.90. The zero-order chi connectivity index (χ0) is 23.9. The Balaban J connectivity index is -0.000000424. The van der Waals surface area contributed by atoms with E-state index in [2.05, 4.69) is 9.15 Å². The minimum absolute atomic E-state index is 0. The first-order chi connectivity index (χ1) is 15.2. The molecule has 2 saturated carbocycles.